The van der Waals surface area contributed by atoms with Crippen LogP contribution in [0.3, 0.4) is 0 Å². The number of benzene rings is 1. The fourth-order valence-corrected chi connectivity index (χ4v) is 3.93. The average molecular weight is 318 g/mol. The highest BCUT2D eigenvalue weighted by molar-refractivity contribution is 7.88. The van der Waals surface area contributed by atoms with Gasteiger partial charge in [0.1, 0.15) is 0 Å². The summed E-state index contributed by atoms with van der Waals surface area (Å²) in [7, 11) is -4.30. The van der Waals surface area contributed by atoms with Crippen molar-refractivity contribution in [3.05, 3.63) is 35.4 Å². The van der Waals surface area contributed by atoms with Gasteiger partial charge in [-0.15, -0.1) is 0 Å². The molecular weight excluding hydrogens is 296 g/mol. The van der Waals surface area contributed by atoms with Gasteiger partial charge in [-0.05, 0) is 24.5 Å². The third-order valence-corrected chi connectivity index (χ3v) is 5.09. The molecule has 3 N–H and O–H groups in total. The number of rotatable bonds is 8. The maximum atomic E-state index is 12.0. The second kappa shape index (κ2) is 7.87. The highest BCUT2D eigenvalue weighted by Crippen LogP contribution is 2.09. The van der Waals surface area contributed by atoms with E-state index in [1.165, 1.54) is 0 Å². The highest BCUT2D eigenvalue weighted by atomic mass is 32.2. The van der Waals surface area contributed by atoms with Crippen molar-refractivity contribution in [2.45, 2.75) is 31.7 Å². The number of hydrogen-bond donors (Lipinski definition) is 2. The van der Waals surface area contributed by atoms with Gasteiger partial charge < -0.3 is 5.73 Å². The first-order chi connectivity index (χ1) is 9.32. The summed E-state index contributed by atoms with van der Waals surface area (Å²) in [6.45, 7) is 2.17. The molecule has 0 aliphatic rings. The predicted molar refractivity (Wildman–Crippen MR) is 83.1 cm³/mol. The van der Waals surface area contributed by atoms with Crippen molar-refractivity contribution in [2.75, 3.05) is 12.0 Å². The first kappa shape index (κ1) is 17.3. The van der Waals surface area contributed by atoms with Crippen LogP contribution in [0.5, 0.6) is 0 Å². The summed E-state index contributed by atoms with van der Waals surface area (Å²) >= 11 is 0. The summed E-state index contributed by atoms with van der Waals surface area (Å²) in [4.78, 5) is 0. The quantitative estimate of drug-likeness (QED) is 0.739. The molecule has 0 saturated carbocycles. The molecule has 1 rings (SSSR count). The Morgan fingerprint density at radius 2 is 2.00 bits per heavy atom. The molecule has 0 radical (unpaired) electrons. The molecule has 1 aromatic rings. The second-order valence-corrected chi connectivity index (χ2v) is 8.18. The minimum absolute atomic E-state index is 0.0691. The van der Waals surface area contributed by atoms with E-state index in [0.29, 0.717) is 24.3 Å². The van der Waals surface area contributed by atoms with Crippen LogP contribution >= 0.6 is 0 Å². The molecule has 2 atom stereocenters. The first-order valence-corrected chi connectivity index (χ1v) is 9.78. The normalized spacial score (nSPS) is 14.9. The van der Waals surface area contributed by atoms with Crippen molar-refractivity contribution < 1.29 is 12.6 Å². The molecule has 0 aromatic heterocycles. The zero-order chi connectivity index (χ0) is 15.2. The lowest BCUT2D eigenvalue weighted by atomic mass is 10.1. The molecule has 0 heterocycles. The molecular formula is C13H22N2O3S2. The van der Waals surface area contributed by atoms with Crippen molar-refractivity contribution >= 4 is 20.8 Å². The van der Waals surface area contributed by atoms with E-state index >= 15 is 0 Å². The molecule has 0 aliphatic carbocycles. The van der Waals surface area contributed by atoms with Gasteiger partial charge in [-0.2, -0.15) is 0 Å². The number of nitrogens with two attached hydrogens (primary N) is 1. The Balaban J connectivity index is 2.62. The Morgan fingerprint density at radius 3 is 2.60 bits per heavy atom. The maximum absolute atomic E-state index is 12.0. The van der Waals surface area contributed by atoms with Crippen LogP contribution in [0.1, 0.15) is 24.5 Å². The summed E-state index contributed by atoms with van der Waals surface area (Å²) in [6, 6.07) is 7.01. The molecule has 20 heavy (non-hydrogen) atoms. The lowest BCUT2D eigenvalue weighted by Gasteiger charge is -2.14. The minimum atomic E-state index is -3.40. The van der Waals surface area contributed by atoms with Crippen LogP contribution in [-0.2, 0) is 33.1 Å². The topological polar surface area (TPSA) is 89.3 Å². The molecule has 0 aliphatic heterocycles. The zero-order valence-corrected chi connectivity index (χ0v) is 13.5. The average Bonchev–Trinajstić information content (AvgIpc) is 2.35. The Kier molecular flexibility index (Phi) is 6.81. The monoisotopic (exact) mass is 318 g/mol. The van der Waals surface area contributed by atoms with E-state index in [4.69, 9.17) is 5.73 Å². The van der Waals surface area contributed by atoms with Gasteiger partial charge in [0, 0.05) is 35.4 Å². The largest absolute Gasteiger partial charge is 0.326 e. The number of sulfonamides is 1. The lowest BCUT2D eigenvalue weighted by Crippen LogP contribution is -2.34. The van der Waals surface area contributed by atoms with Crippen LogP contribution in [-0.4, -0.2) is 30.7 Å². The fourth-order valence-electron chi connectivity index (χ4n) is 1.82. The second-order valence-electron chi connectivity index (χ2n) is 4.87. The van der Waals surface area contributed by atoms with Crippen molar-refractivity contribution in [2.24, 2.45) is 5.73 Å². The van der Waals surface area contributed by atoms with Crippen molar-refractivity contribution in [3.63, 3.8) is 0 Å². The van der Waals surface area contributed by atoms with E-state index in [9.17, 15) is 12.6 Å². The molecule has 5 nitrogen and oxygen atoms in total. The summed E-state index contributed by atoms with van der Waals surface area (Å²) in [5.41, 5.74) is 7.16. The predicted octanol–water partition coefficient (Wildman–Crippen LogP) is 0.722. The van der Waals surface area contributed by atoms with Crippen LogP contribution in [0.4, 0.5) is 0 Å². The van der Waals surface area contributed by atoms with Gasteiger partial charge in [0.25, 0.3) is 0 Å². The molecule has 0 bridgehead atoms. The number of hydrogen-bond acceptors (Lipinski definition) is 4. The third-order valence-electron chi connectivity index (χ3n) is 2.80. The molecule has 1 aromatic carbocycles. The fraction of sp³-hybridized carbons (Fsp3) is 0.538. The first-order valence-electron chi connectivity index (χ1n) is 6.40. The van der Waals surface area contributed by atoms with Gasteiger partial charge in [-0.25, -0.2) is 13.1 Å². The Hall–Kier alpha value is -0.760. The van der Waals surface area contributed by atoms with E-state index in [1.54, 1.807) is 31.4 Å². The Labute approximate surface area is 123 Å². The van der Waals surface area contributed by atoms with E-state index in [2.05, 4.69) is 4.72 Å². The van der Waals surface area contributed by atoms with E-state index in [1.807, 2.05) is 6.07 Å². The van der Waals surface area contributed by atoms with E-state index < -0.39 is 20.8 Å². The molecule has 7 heteroatoms. The van der Waals surface area contributed by atoms with Crippen LogP contribution in [0.15, 0.2) is 24.3 Å². The number of nitrogens with one attached hydrogen (secondary N) is 1. The Bertz CT molecular complexity index is 558. The standard InChI is InChI=1S/C13H22N2O3S2/c1-11(6-7-19(2)16)15-20(17,18)10-13-5-3-4-12(8-13)9-14/h3-5,8,11,15H,6-7,9-10,14H2,1-2H3. The Morgan fingerprint density at radius 1 is 1.35 bits per heavy atom. The van der Waals surface area contributed by atoms with Crippen LogP contribution < -0.4 is 10.5 Å². The summed E-state index contributed by atoms with van der Waals surface area (Å²) in [5, 5.41) is 0. The van der Waals surface area contributed by atoms with Crippen molar-refractivity contribution in [1.82, 2.24) is 4.72 Å². The SMILES string of the molecule is CC(CCS(C)=O)NS(=O)(=O)Cc1cccc(CN)c1. The summed E-state index contributed by atoms with van der Waals surface area (Å²) < 4.78 is 37.7. The van der Waals surface area contributed by atoms with Crippen LogP contribution in [0.25, 0.3) is 0 Å². The zero-order valence-electron chi connectivity index (χ0n) is 11.8. The highest BCUT2D eigenvalue weighted by Gasteiger charge is 2.15. The summed E-state index contributed by atoms with van der Waals surface area (Å²) in [6.07, 6.45) is 2.17. The van der Waals surface area contributed by atoms with Gasteiger partial charge in [0.05, 0.1) is 5.75 Å². The van der Waals surface area contributed by atoms with E-state index in [0.717, 1.165) is 5.56 Å². The minimum Gasteiger partial charge on any atom is -0.326 e. The van der Waals surface area contributed by atoms with E-state index in [-0.39, 0.29) is 11.8 Å². The molecule has 2 unspecified atom stereocenters. The van der Waals surface area contributed by atoms with Crippen molar-refractivity contribution in [1.29, 1.82) is 0 Å². The maximum Gasteiger partial charge on any atom is 0.216 e. The van der Waals surface area contributed by atoms with Crippen molar-refractivity contribution in [3.8, 4) is 0 Å². The molecule has 0 saturated heterocycles. The van der Waals surface area contributed by atoms with Gasteiger partial charge in [0.15, 0.2) is 0 Å². The smallest absolute Gasteiger partial charge is 0.216 e. The van der Waals surface area contributed by atoms with Gasteiger partial charge in [-0.1, -0.05) is 24.3 Å². The molecule has 0 amide bonds. The van der Waals surface area contributed by atoms with Gasteiger partial charge >= 0.3 is 0 Å². The molecule has 0 spiro atoms. The lowest BCUT2D eigenvalue weighted by molar-refractivity contribution is 0.555. The van der Waals surface area contributed by atoms with Crippen LogP contribution in [0.2, 0.25) is 0 Å². The van der Waals surface area contributed by atoms with Gasteiger partial charge in [0.2, 0.25) is 10.0 Å². The summed E-state index contributed by atoms with van der Waals surface area (Å²) in [5.74, 6) is 0.423. The van der Waals surface area contributed by atoms with Gasteiger partial charge in [-0.3, -0.25) is 4.21 Å². The third kappa shape index (κ3) is 6.60. The molecule has 114 valence electrons. The molecule has 0 fully saturated rings. The van der Waals surface area contributed by atoms with Crippen LogP contribution in [0, 0.1) is 0 Å².